The Hall–Kier alpha value is -1.93. The van der Waals surface area contributed by atoms with Crippen LogP contribution in [0, 0.1) is 6.92 Å². The highest BCUT2D eigenvalue weighted by atomic mass is 35.5. The van der Waals surface area contributed by atoms with Crippen LogP contribution in [0.15, 0.2) is 42.5 Å². The quantitative estimate of drug-likeness (QED) is 0.621. The van der Waals surface area contributed by atoms with Gasteiger partial charge in [-0.05, 0) is 18.6 Å². The summed E-state index contributed by atoms with van der Waals surface area (Å²) in [6.45, 7) is 1.85. The third kappa shape index (κ3) is 2.20. The van der Waals surface area contributed by atoms with Crippen LogP contribution in [0.25, 0.3) is 0 Å². The molecule has 18 heavy (non-hydrogen) atoms. The van der Waals surface area contributed by atoms with E-state index in [1.165, 1.54) is 0 Å². The zero-order valence-electron chi connectivity index (χ0n) is 9.81. The Bertz CT molecular complexity index is 618. The van der Waals surface area contributed by atoms with Crippen molar-refractivity contribution in [1.29, 1.82) is 0 Å². The number of ketones is 1. The minimum Gasteiger partial charge on any atom is -0.298 e. The molecule has 0 aromatic heterocycles. The summed E-state index contributed by atoms with van der Waals surface area (Å²) in [5.74, 6) is -0.221. The molecule has 0 bridgehead atoms. The average Bonchev–Trinajstić information content (AvgIpc) is 2.38. The second-order valence-corrected chi connectivity index (χ2v) is 4.37. The van der Waals surface area contributed by atoms with Crippen LogP contribution in [0.1, 0.15) is 31.8 Å². The second kappa shape index (κ2) is 5.15. The molecule has 0 aliphatic carbocycles. The van der Waals surface area contributed by atoms with Crippen molar-refractivity contribution >= 4 is 23.7 Å². The lowest BCUT2D eigenvalue weighted by Gasteiger charge is -2.08. The van der Waals surface area contributed by atoms with Gasteiger partial charge in [-0.3, -0.25) is 9.59 Å². The van der Waals surface area contributed by atoms with Gasteiger partial charge in [0.15, 0.2) is 12.1 Å². The number of carbonyl (C=O) groups excluding carboxylic acids is 2. The van der Waals surface area contributed by atoms with Gasteiger partial charge in [-0.15, -0.1) is 0 Å². The van der Waals surface area contributed by atoms with E-state index < -0.39 is 0 Å². The van der Waals surface area contributed by atoms with Gasteiger partial charge in [0, 0.05) is 11.1 Å². The fourth-order valence-corrected chi connectivity index (χ4v) is 2.11. The van der Waals surface area contributed by atoms with Crippen molar-refractivity contribution in [3.63, 3.8) is 0 Å². The Morgan fingerprint density at radius 1 is 1.11 bits per heavy atom. The van der Waals surface area contributed by atoms with Gasteiger partial charge in [0.1, 0.15) is 0 Å². The lowest BCUT2D eigenvalue weighted by atomic mass is 9.96. The van der Waals surface area contributed by atoms with Crippen molar-refractivity contribution in [2.24, 2.45) is 0 Å². The maximum atomic E-state index is 12.4. The summed E-state index contributed by atoms with van der Waals surface area (Å²) in [5, 5.41) is 0.299. The monoisotopic (exact) mass is 258 g/mol. The van der Waals surface area contributed by atoms with Crippen LogP contribution in [-0.2, 0) is 0 Å². The Labute approximate surface area is 110 Å². The third-order valence-corrected chi connectivity index (χ3v) is 3.10. The van der Waals surface area contributed by atoms with Gasteiger partial charge >= 0.3 is 0 Å². The van der Waals surface area contributed by atoms with E-state index in [4.69, 9.17) is 11.6 Å². The summed E-state index contributed by atoms with van der Waals surface area (Å²) in [4.78, 5) is 23.4. The smallest absolute Gasteiger partial charge is 0.195 e. The van der Waals surface area contributed by atoms with Crippen molar-refractivity contribution in [2.45, 2.75) is 6.92 Å². The molecule has 0 heterocycles. The Morgan fingerprint density at radius 2 is 1.83 bits per heavy atom. The first-order valence-electron chi connectivity index (χ1n) is 5.49. The molecule has 0 aliphatic heterocycles. The predicted octanol–water partition coefficient (Wildman–Crippen LogP) is 3.69. The molecule has 2 aromatic carbocycles. The summed E-state index contributed by atoms with van der Waals surface area (Å²) >= 11 is 6.03. The van der Waals surface area contributed by atoms with Crippen molar-refractivity contribution in [3.8, 4) is 0 Å². The average molecular weight is 259 g/mol. The van der Waals surface area contributed by atoms with Crippen LogP contribution in [0.2, 0.25) is 5.02 Å². The van der Waals surface area contributed by atoms with E-state index in [1.54, 1.807) is 30.3 Å². The highest BCUT2D eigenvalue weighted by Gasteiger charge is 2.18. The number of aldehydes is 1. The SMILES string of the molecule is Cc1ccccc1C(=O)c1c(Cl)cccc1C=O. The van der Waals surface area contributed by atoms with Crippen molar-refractivity contribution in [3.05, 3.63) is 69.7 Å². The van der Waals surface area contributed by atoms with Crippen LogP contribution in [0.5, 0.6) is 0 Å². The summed E-state index contributed by atoms with van der Waals surface area (Å²) in [6.07, 6.45) is 0.650. The normalized spacial score (nSPS) is 10.1. The molecule has 0 saturated heterocycles. The second-order valence-electron chi connectivity index (χ2n) is 3.97. The van der Waals surface area contributed by atoms with Gasteiger partial charge in [0.2, 0.25) is 0 Å². The number of hydrogen-bond acceptors (Lipinski definition) is 2. The molecule has 0 aliphatic rings. The van der Waals surface area contributed by atoms with E-state index >= 15 is 0 Å². The molecule has 0 radical (unpaired) electrons. The summed E-state index contributed by atoms with van der Waals surface area (Å²) in [5.41, 5.74) is 2.01. The first-order valence-corrected chi connectivity index (χ1v) is 5.87. The first-order chi connectivity index (χ1) is 8.65. The summed E-state index contributed by atoms with van der Waals surface area (Å²) in [7, 11) is 0. The Balaban J connectivity index is 2.60. The zero-order chi connectivity index (χ0) is 13.1. The molecule has 2 rings (SSSR count). The van der Waals surface area contributed by atoms with Crippen molar-refractivity contribution < 1.29 is 9.59 Å². The van der Waals surface area contributed by atoms with E-state index in [9.17, 15) is 9.59 Å². The Kier molecular flexibility index (Phi) is 3.58. The van der Waals surface area contributed by atoms with E-state index in [1.807, 2.05) is 19.1 Å². The van der Waals surface area contributed by atoms with Crippen LogP contribution in [0.3, 0.4) is 0 Å². The van der Waals surface area contributed by atoms with Gasteiger partial charge in [-0.2, -0.15) is 0 Å². The molecule has 0 N–H and O–H groups in total. The summed E-state index contributed by atoms with van der Waals surface area (Å²) in [6, 6.07) is 12.1. The molecule has 0 saturated carbocycles. The number of benzene rings is 2. The number of halogens is 1. The maximum absolute atomic E-state index is 12.4. The van der Waals surface area contributed by atoms with Crippen molar-refractivity contribution in [1.82, 2.24) is 0 Å². The standard InChI is InChI=1S/C15H11ClO2/c1-10-5-2-3-7-12(10)15(18)14-11(9-17)6-4-8-13(14)16/h2-9H,1H3. The number of carbonyl (C=O) groups is 2. The van der Waals surface area contributed by atoms with E-state index in [0.29, 0.717) is 22.4 Å². The molecule has 0 amide bonds. The molecule has 0 atom stereocenters. The third-order valence-electron chi connectivity index (χ3n) is 2.79. The largest absolute Gasteiger partial charge is 0.298 e. The molecular weight excluding hydrogens is 248 g/mol. The van der Waals surface area contributed by atoms with Gasteiger partial charge in [-0.25, -0.2) is 0 Å². The van der Waals surface area contributed by atoms with Crippen LogP contribution in [0.4, 0.5) is 0 Å². The van der Waals surface area contributed by atoms with Crippen LogP contribution < -0.4 is 0 Å². The van der Waals surface area contributed by atoms with E-state index in [-0.39, 0.29) is 11.3 Å². The van der Waals surface area contributed by atoms with Gasteiger partial charge < -0.3 is 0 Å². The number of rotatable bonds is 3. The van der Waals surface area contributed by atoms with Gasteiger partial charge in [0.05, 0.1) is 10.6 Å². The lowest BCUT2D eigenvalue weighted by molar-refractivity contribution is 0.102. The first kappa shape index (κ1) is 12.5. The fraction of sp³-hybridized carbons (Fsp3) is 0.0667. The topological polar surface area (TPSA) is 34.1 Å². The Morgan fingerprint density at radius 3 is 2.50 bits per heavy atom. The zero-order valence-corrected chi connectivity index (χ0v) is 10.6. The molecule has 0 fully saturated rings. The molecule has 3 heteroatoms. The molecule has 2 aromatic rings. The van der Waals surface area contributed by atoms with Crippen LogP contribution in [-0.4, -0.2) is 12.1 Å². The molecule has 0 spiro atoms. The molecule has 0 unspecified atom stereocenters. The predicted molar refractivity (Wildman–Crippen MR) is 71.5 cm³/mol. The number of aryl methyl sites for hydroxylation is 1. The van der Waals surface area contributed by atoms with Gasteiger partial charge in [0.25, 0.3) is 0 Å². The highest BCUT2D eigenvalue weighted by Crippen LogP contribution is 2.23. The molecule has 90 valence electrons. The van der Waals surface area contributed by atoms with E-state index in [0.717, 1.165) is 5.56 Å². The maximum Gasteiger partial charge on any atom is 0.195 e. The minimum atomic E-state index is -0.221. The minimum absolute atomic E-state index is 0.221. The summed E-state index contributed by atoms with van der Waals surface area (Å²) < 4.78 is 0. The van der Waals surface area contributed by atoms with E-state index in [2.05, 4.69) is 0 Å². The highest BCUT2D eigenvalue weighted by molar-refractivity contribution is 6.35. The van der Waals surface area contributed by atoms with Gasteiger partial charge in [-0.1, -0.05) is 48.0 Å². The molecule has 2 nitrogen and oxygen atoms in total. The molecular formula is C15H11ClO2. The van der Waals surface area contributed by atoms with Crippen LogP contribution >= 0.6 is 11.6 Å². The fourth-order valence-electron chi connectivity index (χ4n) is 1.84. The lowest BCUT2D eigenvalue weighted by Crippen LogP contribution is -2.07. The number of hydrogen-bond donors (Lipinski definition) is 0. The van der Waals surface area contributed by atoms with Crippen molar-refractivity contribution in [2.75, 3.05) is 0 Å².